The molecule has 3 heteroatoms. The predicted octanol–water partition coefficient (Wildman–Crippen LogP) is 1.73. The van der Waals surface area contributed by atoms with Crippen LogP contribution in [0.2, 0.25) is 0 Å². The van der Waals surface area contributed by atoms with Crippen LogP contribution in [0.3, 0.4) is 0 Å². The molecule has 92 valence electrons. The lowest BCUT2D eigenvalue weighted by Gasteiger charge is -2.37. The highest BCUT2D eigenvalue weighted by atomic mass is 16.5. The number of rotatable bonds is 8. The zero-order valence-corrected chi connectivity index (χ0v) is 11.2. The van der Waals surface area contributed by atoms with Crippen LogP contribution in [0.5, 0.6) is 0 Å². The molecular formula is C12H28N2O. The standard InChI is InChI=1S/C12H28N2O/c1-7-12(13-5)11(4)14(8-2)10(3)9-15-6/h10-13H,7-9H2,1-6H3. The smallest absolute Gasteiger partial charge is 0.0615 e. The van der Waals surface area contributed by atoms with Gasteiger partial charge >= 0.3 is 0 Å². The minimum Gasteiger partial charge on any atom is -0.383 e. The lowest BCUT2D eigenvalue weighted by Crippen LogP contribution is -2.51. The van der Waals surface area contributed by atoms with Crippen molar-refractivity contribution in [2.24, 2.45) is 0 Å². The average Bonchev–Trinajstić information content (AvgIpc) is 2.21. The van der Waals surface area contributed by atoms with Gasteiger partial charge in [-0.25, -0.2) is 0 Å². The summed E-state index contributed by atoms with van der Waals surface area (Å²) in [6.07, 6.45) is 1.16. The molecule has 0 heterocycles. The first kappa shape index (κ1) is 14.9. The Balaban J connectivity index is 4.36. The molecule has 0 amide bonds. The summed E-state index contributed by atoms with van der Waals surface area (Å²) in [5, 5.41) is 3.38. The minimum atomic E-state index is 0.484. The fourth-order valence-electron chi connectivity index (χ4n) is 2.36. The zero-order valence-electron chi connectivity index (χ0n) is 11.2. The number of ether oxygens (including phenoxy) is 1. The van der Waals surface area contributed by atoms with E-state index in [0.29, 0.717) is 18.1 Å². The zero-order chi connectivity index (χ0) is 11.8. The molecule has 0 aliphatic carbocycles. The van der Waals surface area contributed by atoms with Gasteiger partial charge in [0.2, 0.25) is 0 Å². The maximum atomic E-state index is 5.22. The molecule has 0 aromatic carbocycles. The molecule has 0 aromatic rings. The summed E-state index contributed by atoms with van der Waals surface area (Å²) in [5.41, 5.74) is 0. The van der Waals surface area contributed by atoms with Crippen molar-refractivity contribution in [2.45, 2.75) is 52.2 Å². The Kier molecular flexibility index (Phi) is 8.02. The summed E-state index contributed by atoms with van der Waals surface area (Å²) in [5.74, 6) is 0. The van der Waals surface area contributed by atoms with Crippen LogP contribution in [0.4, 0.5) is 0 Å². The highest BCUT2D eigenvalue weighted by Crippen LogP contribution is 2.11. The minimum absolute atomic E-state index is 0.484. The molecule has 0 spiro atoms. The van der Waals surface area contributed by atoms with Crippen LogP contribution in [0.25, 0.3) is 0 Å². The van der Waals surface area contributed by atoms with E-state index in [4.69, 9.17) is 4.74 Å². The van der Waals surface area contributed by atoms with E-state index in [0.717, 1.165) is 19.6 Å². The molecule has 0 aromatic heterocycles. The quantitative estimate of drug-likeness (QED) is 0.669. The van der Waals surface area contributed by atoms with E-state index in [2.05, 4.69) is 37.9 Å². The van der Waals surface area contributed by atoms with Crippen molar-refractivity contribution in [3.8, 4) is 0 Å². The maximum Gasteiger partial charge on any atom is 0.0615 e. The van der Waals surface area contributed by atoms with E-state index in [1.807, 2.05) is 7.05 Å². The van der Waals surface area contributed by atoms with Crippen molar-refractivity contribution < 1.29 is 4.74 Å². The van der Waals surface area contributed by atoms with Crippen molar-refractivity contribution >= 4 is 0 Å². The van der Waals surface area contributed by atoms with E-state index >= 15 is 0 Å². The van der Waals surface area contributed by atoms with Gasteiger partial charge in [-0.15, -0.1) is 0 Å². The Morgan fingerprint density at radius 2 is 1.87 bits per heavy atom. The normalized spacial score (nSPS) is 17.8. The summed E-state index contributed by atoms with van der Waals surface area (Å²) in [7, 11) is 3.81. The van der Waals surface area contributed by atoms with Crippen LogP contribution in [-0.4, -0.2) is 50.3 Å². The van der Waals surface area contributed by atoms with Crippen molar-refractivity contribution in [1.29, 1.82) is 0 Å². The van der Waals surface area contributed by atoms with Crippen LogP contribution in [0.15, 0.2) is 0 Å². The molecule has 0 rings (SSSR count). The summed E-state index contributed by atoms with van der Waals surface area (Å²) >= 11 is 0. The molecule has 0 saturated heterocycles. The van der Waals surface area contributed by atoms with Gasteiger partial charge in [-0.05, 0) is 33.9 Å². The second-order valence-electron chi connectivity index (χ2n) is 4.18. The maximum absolute atomic E-state index is 5.22. The molecular weight excluding hydrogens is 188 g/mol. The van der Waals surface area contributed by atoms with Gasteiger partial charge in [0, 0.05) is 25.2 Å². The SMILES string of the molecule is CCC(NC)C(C)N(CC)C(C)COC. The Hall–Kier alpha value is -0.120. The van der Waals surface area contributed by atoms with E-state index in [9.17, 15) is 0 Å². The van der Waals surface area contributed by atoms with Gasteiger partial charge in [-0.3, -0.25) is 4.90 Å². The number of likely N-dealkylation sites (N-methyl/N-ethyl adjacent to an activating group) is 2. The summed E-state index contributed by atoms with van der Waals surface area (Å²) < 4.78 is 5.22. The molecule has 0 aliphatic rings. The molecule has 0 radical (unpaired) electrons. The van der Waals surface area contributed by atoms with Crippen molar-refractivity contribution in [3.05, 3.63) is 0 Å². The molecule has 3 nitrogen and oxygen atoms in total. The van der Waals surface area contributed by atoms with Crippen LogP contribution >= 0.6 is 0 Å². The summed E-state index contributed by atoms with van der Waals surface area (Å²) in [6.45, 7) is 10.8. The molecule has 1 N–H and O–H groups in total. The molecule has 3 atom stereocenters. The van der Waals surface area contributed by atoms with Crippen LogP contribution in [-0.2, 0) is 4.74 Å². The van der Waals surface area contributed by atoms with Crippen molar-refractivity contribution in [3.63, 3.8) is 0 Å². The average molecular weight is 216 g/mol. The molecule has 0 saturated carbocycles. The molecule has 0 bridgehead atoms. The van der Waals surface area contributed by atoms with Gasteiger partial charge in [-0.2, -0.15) is 0 Å². The number of hydrogen-bond donors (Lipinski definition) is 1. The Morgan fingerprint density at radius 1 is 1.27 bits per heavy atom. The van der Waals surface area contributed by atoms with Gasteiger partial charge in [0.05, 0.1) is 6.61 Å². The third-order valence-corrected chi connectivity index (χ3v) is 3.26. The number of nitrogens with zero attached hydrogens (tertiary/aromatic N) is 1. The Morgan fingerprint density at radius 3 is 2.20 bits per heavy atom. The van der Waals surface area contributed by atoms with E-state index < -0.39 is 0 Å². The lowest BCUT2D eigenvalue weighted by atomic mass is 10.0. The summed E-state index contributed by atoms with van der Waals surface area (Å²) in [6, 6.07) is 1.59. The Bertz CT molecular complexity index is 149. The van der Waals surface area contributed by atoms with Crippen molar-refractivity contribution in [1.82, 2.24) is 10.2 Å². The molecule has 0 fully saturated rings. The number of hydrogen-bond acceptors (Lipinski definition) is 3. The third kappa shape index (κ3) is 4.49. The number of methoxy groups -OCH3 is 1. The van der Waals surface area contributed by atoms with Crippen LogP contribution in [0, 0.1) is 0 Å². The van der Waals surface area contributed by atoms with Gasteiger partial charge in [-0.1, -0.05) is 13.8 Å². The highest BCUT2D eigenvalue weighted by Gasteiger charge is 2.23. The second-order valence-corrected chi connectivity index (χ2v) is 4.18. The van der Waals surface area contributed by atoms with Gasteiger partial charge in [0.1, 0.15) is 0 Å². The molecule has 3 unspecified atom stereocenters. The van der Waals surface area contributed by atoms with E-state index in [1.165, 1.54) is 0 Å². The predicted molar refractivity (Wildman–Crippen MR) is 66.3 cm³/mol. The number of nitrogens with one attached hydrogen (secondary N) is 1. The first-order valence-electron chi connectivity index (χ1n) is 6.04. The molecule has 15 heavy (non-hydrogen) atoms. The van der Waals surface area contributed by atoms with Gasteiger partial charge in [0.25, 0.3) is 0 Å². The van der Waals surface area contributed by atoms with Crippen LogP contribution < -0.4 is 5.32 Å². The lowest BCUT2D eigenvalue weighted by molar-refractivity contribution is 0.0655. The van der Waals surface area contributed by atoms with E-state index in [-0.39, 0.29) is 0 Å². The van der Waals surface area contributed by atoms with Gasteiger partial charge in [0.15, 0.2) is 0 Å². The fourth-order valence-corrected chi connectivity index (χ4v) is 2.36. The highest BCUT2D eigenvalue weighted by molar-refractivity contribution is 4.81. The Labute approximate surface area is 95.2 Å². The monoisotopic (exact) mass is 216 g/mol. The topological polar surface area (TPSA) is 24.5 Å². The second kappa shape index (κ2) is 8.08. The first-order valence-corrected chi connectivity index (χ1v) is 6.04. The fraction of sp³-hybridized carbons (Fsp3) is 1.00. The van der Waals surface area contributed by atoms with Gasteiger partial charge < -0.3 is 10.1 Å². The summed E-state index contributed by atoms with van der Waals surface area (Å²) in [4.78, 5) is 2.49. The third-order valence-electron chi connectivity index (χ3n) is 3.26. The first-order chi connectivity index (χ1) is 7.12. The van der Waals surface area contributed by atoms with Crippen molar-refractivity contribution in [2.75, 3.05) is 27.3 Å². The molecule has 0 aliphatic heterocycles. The van der Waals surface area contributed by atoms with Crippen LogP contribution in [0.1, 0.15) is 34.1 Å². The van der Waals surface area contributed by atoms with E-state index in [1.54, 1.807) is 7.11 Å². The largest absolute Gasteiger partial charge is 0.383 e.